The molecule has 0 amide bonds. The Morgan fingerprint density at radius 1 is 1.27 bits per heavy atom. The molecule has 2 bridgehead atoms. The third-order valence-electron chi connectivity index (χ3n) is 4.91. The molecule has 22 heavy (non-hydrogen) atoms. The fourth-order valence-electron chi connectivity index (χ4n) is 3.87. The van der Waals surface area contributed by atoms with E-state index >= 15 is 0 Å². The quantitative estimate of drug-likeness (QED) is 0.693. The number of methoxy groups -OCH3 is 2. The van der Waals surface area contributed by atoms with Crippen LogP contribution in [-0.4, -0.2) is 51.1 Å². The van der Waals surface area contributed by atoms with Crippen LogP contribution in [0.15, 0.2) is 10.1 Å². The molecule has 0 N–H and O–H groups in total. The highest BCUT2D eigenvalue weighted by atomic mass is 79.9. The molecule has 1 saturated carbocycles. The summed E-state index contributed by atoms with van der Waals surface area (Å²) in [7, 11) is 2.90. The van der Waals surface area contributed by atoms with Crippen molar-refractivity contribution >= 4 is 27.5 Å². The Labute approximate surface area is 137 Å². The van der Waals surface area contributed by atoms with Gasteiger partial charge in [-0.2, -0.15) is 0 Å². The predicted molar refractivity (Wildman–Crippen MR) is 79.2 cm³/mol. The molecular formula is C15H19BrO6. The third kappa shape index (κ3) is 2.06. The lowest BCUT2D eigenvalue weighted by Gasteiger charge is -2.51. The van der Waals surface area contributed by atoms with E-state index in [0.29, 0.717) is 24.1 Å². The van der Waals surface area contributed by atoms with E-state index in [2.05, 4.69) is 15.9 Å². The standard InChI is InChI=1S/C15H19BrO6/c1-7(17)8-6-9-11(14-21-4-5-22-14)12(16)10(8)13(18)15(9,19-2)20-3/h8-10,14H,4-6H2,1-3H3/t8-,9+,10-/m1/s1. The van der Waals surface area contributed by atoms with Gasteiger partial charge in [0.25, 0.3) is 0 Å². The van der Waals surface area contributed by atoms with Crippen molar-refractivity contribution in [3.05, 3.63) is 10.1 Å². The van der Waals surface area contributed by atoms with Crippen molar-refractivity contribution < 1.29 is 28.5 Å². The number of allylic oxidation sites excluding steroid dienone is 1. The Balaban J connectivity index is 2.12. The lowest BCUT2D eigenvalue weighted by atomic mass is 9.60. The Morgan fingerprint density at radius 2 is 1.86 bits per heavy atom. The number of carbonyl (C=O) groups is 2. The molecule has 2 fully saturated rings. The molecule has 1 saturated heterocycles. The monoisotopic (exact) mass is 374 g/mol. The summed E-state index contributed by atoms with van der Waals surface area (Å²) in [5, 5.41) is 0. The predicted octanol–water partition coefficient (Wildman–Crippen LogP) is 1.42. The van der Waals surface area contributed by atoms with Crippen molar-refractivity contribution in [2.24, 2.45) is 17.8 Å². The number of ketones is 2. The molecule has 122 valence electrons. The van der Waals surface area contributed by atoms with Crippen LogP contribution < -0.4 is 0 Å². The zero-order valence-electron chi connectivity index (χ0n) is 12.8. The van der Waals surface area contributed by atoms with Gasteiger partial charge in [0, 0.05) is 36.1 Å². The first-order chi connectivity index (χ1) is 10.5. The zero-order valence-corrected chi connectivity index (χ0v) is 14.3. The summed E-state index contributed by atoms with van der Waals surface area (Å²) in [5.41, 5.74) is 0.822. The van der Waals surface area contributed by atoms with Crippen LogP contribution in [0.5, 0.6) is 0 Å². The number of ether oxygens (including phenoxy) is 4. The van der Waals surface area contributed by atoms with Gasteiger partial charge in [-0.3, -0.25) is 9.59 Å². The van der Waals surface area contributed by atoms with Crippen molar-refractivity contribution in [1.29, 1.82) is 0 Å². The van der Waals surface area contributed by atoms with Crippen LogP contribution in [-0.2, 0) is 28.5 Å². The van der Waals surface area contributed by atoms with Gasteiger partial charge < -0.3 is 18.9 Å². The molecule has 0 radical (unpaired) electrons. The number of rotatable bonds is 4. The maximum Gasteiger partial charge on any atom is 0.236 e. The minimum atomic E-state index is -1.38. The van der Waals surface area contributed by atoms with E-state index in [9.17, 15) is 9.59 Å². The second-order valence-electron chi connectivity index (χ2n) is 5.80. The van der Waals surface area contributed by atoms with Gasteiger partial charge in [0.1, 0.15) is 5.78 Å². The SMILES string of the molecule is COC1(OC)C(=O)[C@H]2C(Br)=C(C3OCCO3)[C@@H]1C[C@@H]2C(C)=O. The van der Waals surface area contributed by atoms with Crippen molar-refractivity contribution in [2.45, 2.75) is 25.4 Å². The van der Waals surface area contributed by atoms with Crippen molar-refractivity contribution in [3.8, 4) is 0 Å². The first-order valence-electron chi connectivity index (χ1n) is 7.25. The summed E-state index contributed by atoms with van der Waals surface area (Å²) in [6, 6.07) is 0. The molecule has 4 rings (SSSR count). The highest BCUT2D eigenvalue weighted by molar-refractivity contribution is 9.11. The van der Waals surface area contributed by atoms with Crippen LogP contribution in [0, 0.1) is 17.8 Å². The smallest absolute Gasteiger partial charge is 0.236 e. The summed E-state index contributed by atoms with van der Waals surface area (Å²) in [6.45, 7) is 2.52. The van der Waals surface area contributed by atoms with Crippen LogP contribution in [0.2, 0.25) is 0 Å². The van der Waals surface area contributed by atoms with E-state index in [1.807, 2.05) is 0 Å². The average molecular weight is 375 g/mol. The molecule has 0 unspecified atom stereocenters. The molecule has 3 aliphatic carbocycles. The molecule has 7 heteroatoms. The number of Topliss-reactive ketones (excluding diaryl/α,β-unsaturated/α-hetero) is 2. The second kappa shape index (κ2) is 5.79. The van der Waals surface area contributed by atoms with Crippen LogP contribution in [0.1, 0.15) is 13.3 Å². The number of halogens is 1. The maximum atomic E-state index is 12.9. The summed E-state index contributed by atoms with van der Waals surface area (Å²) in [4.78, 5) is 24.9. The molecule has 0 aromatic heterocycles. The van der Waals surface area contributed by atoms with Gasteiger partial charge in [0.05, 0.1) is 19.1 Å². The van der Waals surface area contributed by atoms with Crippen LogP contribution in [0.3, 0.4) is 0 Å². The molecule has 0 aromatic rings. The van der Waals surface area contributed by atoms with E-state index in [1.54, 1.807) is 0 Å². The zero-order chi connectivity index (χ0) is 16.1. The van der Waals surface area contributed by atoms with Crippen LogP contribution >= 0.6 is 15.9 Å². The molecule has 4 aliphatic rings. The van der Waals surface area contributed by atoms with Crippen LogP contribution in [0.4, 0.5) is 0 Å². The lowest BCUT2D eigenvalue weighted by Crippen LogP contribution is -2.63. The Morgan fingerprint density at radius 3 is 2.36 bits per heavy atom. The molecule has 0 spiro atoms. The highest BCUT2D eigenvalue weighted by Crippen LogP contribution is 2.56. The molecule has 0 aromatic carbocycles. The Hall–Kier alpha value is -0.600. The average Bonchev–Trinajstić information content (AvgIpc) is 3.01. The highest BCUT2D eigenvalue weighted by Gasteiger charge is 2.64. The van der Waals surface area contributed by atoms with Crippen molar-refractivity contribution in [3.63, 3.8) is 0 Å². The van der Waals surface area contributed by atoms with Gasteiger partial charge in [-0.25, -0.2) is 0 Å². The number of carbonyl (C=O) groups excluding carboxylic acids is 2. The summed E-state index contributed by atoms with van der Waals surface area (Å²) >= 11 is 3.52. The number of hydrogen-bond donors (Lipinski definition) is 0. The lowest BCUT2D eigenvalue weighted by molar-refractivity contribution is -0.245. The molecule has 1 heterocycles. The number of fused-ring (bicyclic) bond motifs is 2. The van der Waals surface area contributed by atoms with Gasteiger partial charge in [0.15, 0.2) is 6.29 Å². The van der Waals surface area contributed by atoms with Crippen molar-refractivity contribution in [1.82, 2.24) is 0 Å². The third-order valence-corrected chi connectivity index (χ3v) is 5.86. The van der Waals surface area contributed by atoms with Gasteiger partial charge >= 0.3 is 0 Å². The van der Waals surface area contributed by atoms with E-state index in [4.69, 9.17) is 18.9 Å². The van der Waals surface area contributed by atoms with Crippen molar-refractivity contribution in [2.75, 3.05) is 27.4 Å². The topological polar surface area (TPSA) is 71.1 Å². The van der Waals surface area contributed by atoms with Gasteiger partial charge in [-0.15, -0.1) is 0 Å². The van der Waals surface area contributed by atoms with E-state index in [0.717, 1.165) is 5.57 Å². The fourth-order valence-corrected chi connectivity index (χ4v) is 4.86. The molecule has 3 atom stereocenters. The molecule has 1 aliphatic heterocycles. The normalized spacial score (nSPS) is 34.5. The maximum absolute atomic E-state index is 12.9. The molecular weight excluding hydrogens is 356 g/mol. The summed E-state index contributed by atoms with van der Waals surface area (Å²) in [6.07, 6.45) is -0.0336. The van der Waals surface area contributed by atoms with Crippen LogP contribution in [0.25, 0.3) is 0 Å². The van der Waals surface area contributed by atoms with E-state index in [1.165, 1.54) is 21.1 Å². The Kier molecular flexibility index (Phi) is 4.28. The molecule has 6 nitrogen and oxygen atoms in total. The van der Waals surface area contributed by atoms with Gasteiger partial charge in [-0.1, -0.05) is 15.9 Å². The minimum absolute atomic E-state index is 0.00610. The van der Waals surface area contributed by atoms with E-state index in [-0.39, 0.29) is 17.5 Å². The van der Waals surface area contributed by atoms with Gasteiger partial charge in [0.2, 0.25) is 11.6 Å². The number of hydrogen-bond acceptors (Lipinski definition) is 6. The fraction of sp³-hybridized carbons (Fsp3) is 0.733. The first kappa shape index (κ1) is 16.3. The largest absolute Gasteiger partial charge is 0.347 e. The summed E-state index contributed by atoms with van der Waals surface area (Å²) in [5.74, 6) is -2.98. The van der Waals surface area contributed by atoms with E-state index < -0.39 is 23.9 Å². The second-order valence-corrected chi connectivity index (χ2v) is 6.65. The first-order valence-corrected chi connectivity index (χ1v) is 8.05. The Bertz CT molecular complexity index is 532. The minimum Gasteiger partial charge on any atom is -0.347 e. The summed E-state index contributed by atoms with van der Waals surface area (Å²) < 4.78 is 22.9. The van der Waals surface area contributed by atoms with Gasteiger partial charge in [-0.05, 0) is 13.3 Å².